The zero-order valence-corrected chi connectivity index (χ0v) is 14.5. The SMILES string of the molecule is COC(=O)CNC(=O)c1sc2ncnc(NCc3ccco3)c2c1C. The van der Waals surface area contributed by atoms with Crippen LogP contribution in [0.25, 0.3) is 10.2 Å². The number of carbonyl (C=O) groups excluding carboxylic acids is 2. The van der Waals surface area contributed by atoms with Gasteiger partial charge in [-0.3, -0.25) is 9.59 Å². The maximum atomic E-state index is 12.3. The molecule has 8 nitrogen and oxygen atoms in total. The molecule has 2 N–H and O–H groups in total. The van der Waals surface area contributed by atoms with Crippen LogP contribution in [0, 0.1) is 6.92 Å². The number of ether oxygens (including phenoxy) is 1. The van der Waals surface area contributed by atoms with E-state index in [1.165, 1.54) is 24.8 Å². The molecular formula is C16H16N4O4S. The van der Waals surface area contributed by atoms with Crippen molar-refractivity contribution in [3.8, 4) is 0 Å². The first-order valence-electron chi connectivity index (χ1n) is 7.45. The van der Waals surface area contributed by atoms with Crippen molar-refractivity contribution < 1.29 is 18.7 Å². The second-order valence-electron chi connectivity index (χ2n) is 5.15. The highest BCUT2D eigenvalue weighted by atomic mass is 32.1. The Morgan fingerprint density at radius 3 is 2.92 bits per heavy atom. The molecule has 0 radical (unpaired) electrons. The van der Waals surface area contributed by atoms with Crippen LogP contribution in [0.3, 0.4) is 0 Å². The molecule has 0 aliphatic carbocycles. The number of anilines is 1. The van der Waals surface area contributed by atoms with Crippen molar-refractivity contribution in [1.29, 1.82) is 0 Å². The number of aryl methyl sites for hydroxylation is 1. The van der Waals surface area contributed by atoms with Crippen LogP contribution in [0.2, 0.25) is 0 Å². The Morgan fingerprint density at radius 1 is 1.36 bits per heavy atom. The number of methoxy groups -OCH3 is 1. The fourth-order valence-electron chi connectivity index (χ4n) is 2.31. The van der Waals surface area contributed by atoms with E-state index in [4.69, 9.17) is 4.42 Å². The number of nitrogens with one attached hydrogen (secondary N) is 2. The summed E-state index contributed by atoms with van der Waals surface area (Å²) in [5, 5.41) is 6.52. The van der Waals surface area contributed by atoms with Crippen LogP contribution in [0.5, 0.6) is 0 Å². The van der Waals surface area contributed by atoms with Crippen molar-refractivity contribution in [2.24, 2.45) is 0 Å². The van der Waals surface area contributed by atoms with Crippen LogP contribution >= 0.6 is 11.3 Å². The lowest BCUT2D eigenvalue weighted by Gasteiger charge is -2.06. The minimum Gasteiger partial charge on any atom is -0.468 e. The Labute approximate surface area is 147 Å². The van der Waals surface area contributed by atoms with Gasteiger partial charge in [0.25, 0.3) is 5.91 Å². The number of aromatic nitrogens is 2. The number of esters is 1. The van der Waals surface area contributed by atoms with Gasteiger partial charge in [-0.25, -0.2) is 9.97 Å². The smallest absolute Gasteiger partial charge is 0.325 e. The summed E-state index contributed by atoms with van der Waals surface area (Å²) in [6.45, 7) is 2.11. The van der Waals surface area contributed by atoms with Crippen molar-refractivity contribution in [3.63, 3.8) is 0 Å². The van der Waals surface area contributed by atoms with Gasteiger partial charge < -0.3 is 19.8 Å². The maximum absolute atomic E-state index is 12.3. The summed E-state index contributed by atoms with van der Waals surface area (Å²) < 4.78 is 9.82. The Balaban J connectivity index is 1.84. The van der Waals surface area contributed by atoms with Crippen LogP contribution in [-0.2, 0) is 16.1 Å². The van der Waals surface area contributed by atoms with E-state index in [2.05, 4.69) is 25.3 Å². The van der Waals surface area contributed by atoms with Crippen LogP contribution < -0.4 is 10.6 Å². The molecule has 0 saturated carbocycles. The van der Waals surface area contributed by atoms with Crippen molar-refractivity contribution >= 4 is 39.2 Å². The van der Waals surface area contributed by atoms with Gasteiger partial charge >= 0.3 is 5.97 Å². The molecule has 0 bridgehead atoms. The fraction of sp³-hybridized carbons (Fsp3) is 0.250. The Kier molecular flexibility index (Phi) is 4.94. The monoisotopic (exact) mass is 360 g/mol. The average Bonchev–Trinajstić information content (AvgIpc) is 3.26. The van der Waals surface area contributed by atoms with Crippen LogP contribution in [0.4, 0.5) is 5.82 Å². The number of amides is 1. The molecule has 0 aliphatic rings. The molecule has 0 aromatic carbocycles. The third kappa shape index (κ3) is 3.61. The van der Waals surface area contributed by atoms with Crippen molar-refractivity contribution in [3.05, 3.63) is 40.9 Å². The summed E-state index contributed by atoms with van der Waals surface area (Å²) in [6, 6.07) is 3.67. The van der Waals surface area contributed by atoms with E-state index in [0.717, 1.165) is 16.7 Å². The van der Waals surface area contributed by atoms with Crippen LogP contribution in [-0.4, -0.2) is 35.5 Å². The van der Waals surface area contributed by atoms with Gasteiger partial charge in [0, 0.05) is 0 Å². The number of thiophene rings is 1. The van der Waals surface area contributed by atoms with E-state index < -0.39 is 5.97 Å². The van der Waals surface area contributed by atoms with Crippen LogP contribution in [0.1, 0.15) is 21.0 Å². The third-order valence-corrected chi connectivity index (χ3v) is 4.76. The van der Waals surface area contributed by atoms with Gasteiger partial charge in [-0.1, -0.05) is 0 Å². The normalized spacial score (nSPS) is 10.6. The Hall–Kier alpha value is -2.94. The second kappa shape index (κ2) is 7.31. The molecule has 3 aromatic rings. The van der Waals surface area contributed by atoms with Crippen molar-refractivity contribution in [1.82, 2.24) is 15.3 Å². The third-order valence-electron chi connectivity index (χ3n) is 3.56. The zero-order chi connectivity index (χ0) is 17.8. The standard InChI is InChI=1S/C16H16N4O4S/c1-9-12-14(17-6-10-4-3-5-24-10)19-8-20-16(12)25-13(9)15(22)18-7-11(21)23-2/h3-5,8H,6-7H2,1-2H3,(H,18,22)(H,17,19,20). The van der Waals surface area contributed by atoms with E-state index in [1.54, 1.807) is 6.26 Å². The minimum absolute atomic E-state index is 0.182. The summed E-state index contributed by atoms with van der Waals surface area (Å²) in [5.74, 6) is 0.549. The molecule has 1 amide bonds. The number of furan rings is 1. The summed E-state index contributed by atoms with van der Waals surface area (Å²) in [6.07, 6.45) is 3.05. The molecule has 0 saturated heterocycles. The molecule has 25 heavy (non-hydrogen) atoms. The van der Waals surface area contributed by atoms with E-state index >= 15 is 0 Å². The number of nitrogens with zero attached hydrogens (tertiary/aromatic N) is 2. The highest BCUT2D eigenvalue weighted by molar-refractivity contribution is 7.20. The molecule has 0 atom stereocenters. The number of rotatable bonds is 6. The van der Waals surface area contributed by atoms with Crippen molar-refractivity contribution in [2.45, 2.75) is 13.5 Å². The predicted molar refractivity (Wildman–Crippen MR) is 92.5 cm³/mol. The molecule has 0 aliphatic heterocycles. The summed E-state index contributed by atoms with van der Waals surface area (Å²) >= 11 is 1.25. The average molecular weight is 360 g/mol. The topological polar surface area (TPSA) is 106 Å². The van der Waals surface area contributed by atoms with Gasteiger partial charge in [-0.2, -0.15) is 0 Å². The molecule has 0 unspecified atom stereocenters. The highest BCUT2D eigenvalue weighted by Gasteiger charge is 2.19. The molecule has 0 spiro atoms. The van der Waals surface area contributed by atoms with Gasteiger partial charge in [-0.05, 0) is 24.6 Å². The Bertz CT molecular complexity index is 904. The lowest BCUT2D eigenvalue weighted by atomic mass is 10.2. The number of hydrogen-bond acceptors (Lipinski definition) is 8. The van der Waals surface area contributed by atoms with Gasteiger partial charge in [0.1, 0.15) is 29.3 Å². The van der Waals surface area contributed by atoms with Crippen molar-refractivity contribution in [2.75, 3.05) is 19.0 Å². The summed E-state index contributed by atoms with van der Waals surface area (Å²) in [5.41, 5.74) is 0.755. The van der Waals surface area contributed by atoms with E-state index in [-0.39, 0.29) is 12.5 Å². The minimum atomic E-state index is -0.507. The lowest BCUT2D eigenvalue weighted by Crippen LogP contribution is -2.29. The molecule has 3 heterocycles. The molecule has 3 aromatic heterocycles. The first kappa shape index (κ1) is 16.9. The van der Waals surface area contributed by atoms with Crippen LogP contribution in [0.15, 0.2) is 29.1 Å². The van der Waals surface area contributed by atoms with Gasteiger partial charge in [0.15, 0.2) is 0 Å². The first-order valence-corrected chi connectivity index (χ1v) is 8.27. The van der Waals surface area contributed by atoms with Gasteiger partial charge in [0.05, 0.1) is 30.2 Å². The molecule has 9 heteroatoms. The quantitative estimate of drug-likeness (QED) is 0.648. The number of hydrogen-bond donors (Lipinski definition) is 2. The zero-order valence-electron chi connectivity index (χ0n) is 13.7. The fourth-order valence-corrected chi connectivity index (χ4v) is 3.38. The lowest BCUT2D eigenvalue weighted by molar-refractivity contribution is -0.139. The number of carbonyl (C=O) groups is 2. The van der Waals surface area contributed by atoms with Gasteiger partial charge in [0.2, 0.25) is 0 Å². The van der Waals surface area contributed by atoms with E-state index in [1.807, 2.05) is 19.1 Å². The maximum Gasteiger partial charge on any atom is 0.325 e. The summed E-state index contributed by atoms with van der Waals surface area (Å²) in [7, 11) is 1.27. The first-order chi connectivity index (χ1) is 12.1. The van der Waals surface area contributed by atoms with Gasteiger partial charge in [-0.15, -0.1) is 11.3 Å². The van der Waals surface area contributed by atoms with E-state index in [9.17, 15) is 9.59 Å². The molecule has 3 rings (SSSR count). The van der Waals surface area contributed by atoms with E-state index in [0.29, 0.717) is 22.1 Å². The predicted octanol–water partition coefficient (Wildman–Crippen LogP) is 2.11. The largest absolute Gasteiger partial charge is 0.468 e. The molecular weight excluding hydrogens is 344 g/mol. The highest BCUT2D eigenvalue weighted by Crippen LogP contribution is 2.33. The molecule has 0 fully saturated rings. The molecule has 130 valence electrons. The summed E-state index contributed by atoms with van der Waals surface area (Å²) in [4.78, 5) is 33.2. The number of fused-ring (bicyclic) bond motifs is 1. The second-order valence-corrected chi connectivity index (χ2v) is 6.15. The Morgan fingerprint density at radius 2 is 2.20 bits per heavy atom.